The monoisotopic (exact) mass is 628 g/mol. The Morgan fingerprint density at radius 1 is 0.467 bits per heavy atom. The summed E-state index contributed by atoms with van der Waals surface area (Å²) in [4.78, 5) is 23.1. The molecule has 0 amide bonds. The van der Waals surface area contributed by atoms with Crippen molar-refractivity contribution in [3.63, 3.8) is 0 Å². The van der Waals surface area contributed by atoms with Gasteiger partial charge in [0, 0.05) is 28.7 Å². The van der Waals surface area contributed by atoms with Crippen molar-refractivity contribution in [2.45, 2.75) is 164 Å². The highest BCUT2D eigenvalue weighted by Gasteiger charge is 2.31. The summed E-state index contributed by atoms with van der Waals surface area (Å²) in [7, 11) is 0. The molecule has 2 aromatic rings. The molecule has 45 heavy (non-hydrogen) atoms. The normalized spacial score (nSPS) is 14.0. The van der Waals surface area contributed by atoms with Gasteiger partial charge < -0.3 is 20.1 Å². The Morgan fingerprint density at radius 2 is 0.756 bits per heavy atom. The third kappa shape index (κ3) is 11.5. The lowest BCUT2D eigenvalue weighted by molar-refractivity contribution is -0.328. The van der Waals surface area contributed by atoms with Crippen LogP contribution in [-0.2, 0) is 37.8 Å². The molecule has 0 unspecified atom stereocenters. The lowest BCUT2D eigenvalue weighted by Gasteiger charge is -2.37. The molecule has 0 radical (unpaired) electrons. The quantitative estimate of drug-likeness (QED) is 0.267. The molecule has 2 rings (SSSR count). The second-order valence-electron chi connectivity index (χ2n) is 18.2. The van der Waals surface area contributed by atoms with Gasteiger partial charge in [0.05, 0.1) is 11.2 Å². The van der Waals surface area contributed by atoms with Crippen LogP contribution in [0.25, 0.3) is 0 Å². The first-order valence-corrected chi connectivity index (χ1v) is 15.9. The van der Waals surface area contributed by atoms with Crippen molar-refractivity contribution in [2.75, 3.05) is 0 Å². The average Bonchev–Trinajstić information content (AvgIpc) is 2.75. The summed E-state index contributed by atoms with van der Waals surface area (Å²) >= 11 is 0. The molecule has 8 heteroatoms. The smallest absolute Gasteiger partial charge is 0.156 e. The number of hydrogen-bond acceptors (Lipinski definition) is 8. The molecule has 0 heterocycles. The third-order valence-corrected chi connectivity index (χ3v) is 7.09. The fourth-order valence-corrected chi connectivity index (χ4v) is 4.68. The Bertz CT molecular complexity index is 1210. The molecule has 0 fully saturated rings. The van der Waals surface area contributed by atoms with Crippen LogP contribution >= 0.6 is 0 Å². The summed E-state index contributed by atoms with van der Waals surface area (Å²) in [5.74, 6) is 0.841. The molecule has 0 aliphatic rings. The van der Waals surface area contributed by atoms with Crippen LogP contribution in [0, 0.1) is 10.4 Å². The van der Waals surface area contributed by atoms with E-state index in [1.165, 1.54) is 0 Å². The fraction of sp³-hybridized carbons (Fsp3) is 0.676. The standard InChI is InChI=1S/C37H60N2O6/c1-32(2,3)26-20-24(30(28(22-26)34(7,8)9)42-38(40)44-36(13,14)15)19-25-21-27(33(4,5)6)23-29(35(10,11)12)31(25)43-39(41)45-37(16,17)18/h20-23H,19H2,1-18H3/q-2. The highest BCUT2D eigenvalue weighted by Crippen LogP contribution is 2.44. The number of hydrogen-bond donors (Lipinski definition) is 0. The summed E-state index contributed by atoms with van der Waals surface area (Å²) in [5, 5.41) is 26.6. The molecule has 0 saturated carbocycles. The Morgan fingerprint density at radius 3 is 0.978 bits per heavy atom. The first kappa shape index (κ1) is 39.0. The summed E-state index contributed by atoms with van der Waals surface area (Å²) in [5.41, 5.74) is 2.83. The molecule has 0 aromatic heterocycles. The van der Waals surface area contributed by atoms with Gasteiger partial charge in [-0.2, -0.15) is 0 Å². The topological polar surface area (TPSA) is 89.5 Å². The fourth-order valence-electron chi connectivity index (χ4n) is 4.68. The summed E-state index contributed by atoms with van der Waals surface area (Å²) in [6.45, 7) is 36.3. The molecule has 0 N–H and O–H groups in total. The zero-order chi connectivity index (χ0) is 35.1. The molecule has 0 aliphatic carbocycles. The van der Waals surface area contributed by atoms with Gasteiger partial charge in [-0.1, -0.05) is 118 Å². The largest absolute Gasteiger partial charge is 0.728 e. The van der Waals surface area contributed by atoms with Gasteiger partial charge in [0.15, 0.2) is 11.5 Å². The number of rotatable bonds is 8. The zero-order valence-electron chi connectivity index (χ0n) is 31.4. The average molecular weight is 629 g/mol. The highest BCUT2D eigenvalue weighted by molar-refractivity contribution is 5.55. The predicted molar refractivity (Wildman–Crippen MR) is 184 cm³/mol. The summed E-state index contributed by atoms with van der Waals surface area (Å²) < 4.78 is 0. The predicted octanol–water partition coefficient (Wildman–Crippen LogP) is 10.1. The van der Waals surface area contributed by atoms with Crippen molar-refractivity contribution in [3.8, 4) is 11.5 Å². The second kappa shape index (κ2) is 13.1. The van der Waals surface area contributed by atoms with Crippen molar-refractivity contribution in [1.82, 2.24) is 10.8 Å². The van der Waals surface area contributed by atoms with E-state index in [2.05, 4.69) is 107 Å². The Kier molecular flexibility index (Phi) is 11.4. The molecular formula is C37H60N2O6-2. The SMILES string of the molecule is CC(C)(C)ON([O-])Oc1c(Cc2cc(C(C)(C)C)cc(C(C)(C)C)c2ON([O-])OC(C)(C)C)cc(C(C)(C)C)cc1C(C)(C)C. The van der Waals surface area contributed by atoms with Crippen LogP contribution in [0.15, 0.2) is 24.3 Å². The molecule has 0 bridgehead atoms. The van der Waals surface area contributed by atoms with Gasteiger partial charge in [0.2, 0.25) is 0 Å². The minimum Gasteiger partial charge on any atom is -0.728 e. The van der Waals surface area contributed by atoms with E-state index in [4.69, 9.17) is 19.4 Å². The van der Waals surface area contributed by atoms with Crippen LogP contribution < -0.4 is 9.68 Å². The lowest BCUT2D eigenvalue weighted by atomic mass is 9.76. The maximum atomic E-state index is 13.1. The van der Waals surface area contributed by atoms with E-state index in [1.54, 1.807) is 41.5 Å². The van der Waals surface area contributed by atoms with Crippen molar-refractivity contribution in [3.05, 3.63) is 68.1 Å². The second-order valence-corrected chi connectivity index (χ2v) is 18.2. The first-order valence-electron chi connectivity index (χ1n) is 15.9. The molecule has 0 atom stereocenters. The molecular weight excluding hydrogens is 568 g/mol. The molecule has 256 valence electrons. The third-order valence-electron chi connectivity index (χ3n) is 7.09. The Labute approximate surface area is 273 Å². The van der Waals surface area contributed by atoms with E-state index in [9.17, 15) is 10.4 Å². The minimum absolute atomic E-state index is 0.193. The molecule has 0 spiro atoms. The van der Waals surface area contributed by atoms with E-state index < -0.39 is 11.2 Å². The van der Waals surface area contributed by atoms with Crippen LogP contribution in [0.1, 0.15) is 158 Å². The lowest BCUT2D eigenvalue weighted by Crippen LogP contribution is -2.33. The van der Waals surface area contributed by atoms with Crippen LogP contribution in [0.4, 0.5) is 0 Å². The van der Waals surface area contributed by atoms with E-state index in [1.807, 2.05) is 0 Å². The van der Waals surface area contributed by atoms with Gasteiger partial charge in [-0.15, -0.1) is 0 Å². The van der Waals surface area contributed by atoms with Crippen molar-refractivity contribution < 1.29 is 19.4 Å². The zero-order valence-corrected chi connectivity index (χ0v) is 31.4. The van der Waals surface area contributed by atoms with Crippen LogP contribution in [-0.4, -0.2) is 22.0 Å². The highest BCUT2D eigenvalue weighted by atomic mass is 17.1. The van der Waals surface area contributed by atoms with Gasteiger partial charge in [0.25, 0.3) is 0 Å². The Balaban J connectivity index is 3.01. The van der Waals surface area contributed by atoms with Crippen LogP contribution in [0.3, 0.4) is 0 Å². The van der Waals surface area contributed by atoms with E-state index in [0.29, 0.717) is 17.9 Å². The van der Waals surface area contributed by atoms with Gasteiger partial charge in [-0.05, 0) is 74.3 Å². The van der Waals surface area contributed by atoms with Gasteiger partial charge >= 0.3 is 0 Å². The van der Waals surface area contributed by atoms with Gasteiger partial charge in [-0.3, -0.25) is 9.68 Å². The maximum Gasteiger partial charge on any atom is 0.156 e. The minimum atomic E-state index is -0.760. The number of nitrogens with zero attached hydrogens (tertiary/aromatic N) is 2. The first-order chi connectivity index (χ1) is 19.9. The van der Waals surface area contributed by atoms with Crippen LogP contribution in [0.2, 0.25) is 0 Å². The van der Waals surface area contributed by atoms with Gasteiger partial charge in [-0.25, -0.2) is 0 Å². The van der Waals surface area contributed by atoms with Gasteiger partial charge in [0.1, 0.15) is 0 Å². The molecule has 0 saturated heterocycles. The van der Waals surface area contributed by atoms with Crippen molar-refractivity contribution in [2.24, 2.45) is 0 Å². The number of benzene rings is 2. The van der Waals surface area contributed by atoms with Crippen molar-refractivity contribution in [1.29, 1.82) is 0 Å². The van der Waals surface area contributed by atoms with E-state index in [0.717, 1.165) is 33.4 Å². The summed E-state index contributed by atoms with van der Waals surface area (Å²) in [6.07, 6.45) is 0.317. The van der Waals surface area contributed by atoms with Crippen LogP contribution in [0.5, 0.6) is 11.5 Å². The van der Waals surface area contributed by atoms with Crippen molar-refractivity contribution >= 4 is 0 Å². The molecule has 2 aromatic carbocycles. The van der Waals surface area contributed by atoms with E-state index in [-0.39, 0.29) is 32.4 Å². The molecule has 8 nitrogen and oxygen atoms in total. The molecule has 0 aliphatic heterocycles. The maximum absolute atomic E-state index is 13.1. The Hall–Kier alpha value is -2.20. The van der Waals surface area contributed by atoms with E-state index >= 15 is 0 Å². The summed E-state index contributed by atoms with van der Waals surface area (Å²) in [6, 6.07) is 8.40.